The number of benzene rings is 3. The molecule has 0 spiro atoms. The van der Waals surface area contributed by atoms with Crippen molar-refractivity contribution in [1.29, 1.82) is 0 Å². The highest BCUT2D eigenvalue weighted by atomic mass is 16.5. The van der Waals surface area contributed by atoms with Gasteiger partial charge in [-0.1, -0.05) is 69.7 Å². The summed E-state index contributed by atoms with van der Waals surface area (Å²) in [5.74, 6) is 0.0964. The zero-order valence-electron chi connectivity index (χ0n) is 27.2. The Labute approximate surface area is 261 Å². The number of rotatable bonds is 10. The molecule has 1 aliphatic carbocycles. The molecule has 0 aliphatic heterocycles. The summed E-state index contributed by atoms with van der Waals surface area (Å²) in [7, 11) is 0. The van der Waals surface area contributed by atoms with Crippen LogP contribution in [-0.2, 0) is 23.2 Å². The van der Waals surface area contributed by atoms with Crippen LogP contribution in [0.5, 0.6) is 5.75 Å². The van der Waals surface area contributed by atoms with Crippen LogP contribution in [-0.4, -0.2) is 27.2 Å². The maximum Gasteiger partial charge on any atom is 0.347 e. The summed E-state index contributed by atoms with van der Waals surface area (Å²) in [6.07, 6.45) is 4.42. The number of hydrogen-bond donors (Lipinski definition) is 2. The Kier molecular flexibility index (Phi) is 8.66. The maximum atomic E-state index is 13.6. The van der Waals surface area contributed by atoms with E-state index >= 15 is 0 Å². The van der Waals surface area contributed by atoms with Crippen molar-refractivity contribution in [3.8, 4) is 5.75 Å². The van der Waals surface area contributed by atoms with Crippen molar-refractivity contribution >= 4 is 22.8 Å². The summed E-state index contributed by atoms with van der Waals surface area (Å²) >= 11 is 0. The van der Waals surface area contributed by atoms with Gasteiger partial charge < -0.3 is 19.7 Å². The Hall–Kier alpha value is -4.06. The van der Waals surface area contributed by atoms with E-state index in [9.17, 15) is 14.7 Å². The Balaban J connectivity index is 1.44. The largest absolute Gasteiger partial charge is 0.478 e. The summed E-state index contributed by atoms with van der Waals surface area (Å²) in [5.41, 5.74) is 6.26. The van der Waals surface area contributed by atoms with E-state index in [0.717, 1.165) is 28.6 Å². The summed E-state index contributed by atoms with van der Waals surface area (Å²) in [4.78, 5) is 25.2. The average molecular weight is 595 g/mol. The minimum absolute atomic E-state index is 0.0373. The normalized spacial score (nSPS) is 14.7. The summed E-state index contributed by atoms with van der Waals surface area (Å²) in [6, 6.07) is 22.1. The SMILES string of the molecule is Cc1c(Cc2cccc(OC(C)(C)C(=O)O)c2)c2ccc(C(=O)N[C@@H](C)c3cccc(C(C)(C)C)c3)cc2n1CC1CCC1. The van der Waals surface area contributed by atoms with E-state index in [1.165, 1.54) is 36.1 Å². The van der Waals surface area contributed by atoms with Gasteiger partial charge in [0.15, 0.2) is 5.60 Å². The smallest absolute Gasteiger partial charge is 0.347 e. The number of aliphatic carboxylic acids is 1. The molecule has 6 heteroatoms. The van der Waals surface area contributed by atoms with E-state index in [-0.39, 0.29) is 17.4 Å². The number of nitrogens with zero attached hydrogens (tertiary/aromatic N) is 1. The Morgan fingerprint density at radius 3 is 2.39 bits per heavy atom. The molecule has 1 atom stereocenters. The van der Waals surface area contributed by atoms with Gasteiger partial charge in [0.25, 0.3) is 5.91 Å². The zero-order valence-corrected chi connectivity index (χ0v) is 27.2. The second kappa shape index (κ2) is 12.1. The first kappa shape index (κ1) is 31.4. The third-order valence-corrected chi connectivity index (χ3v) is 9.15. The molecule has 1 heterocycles. The van der Waals surface area contributed by atoms with E-state index < -0.39 is 11.6 Å². The Morgan fingerprint density at radius 2 is 1.73 bits per heavy atom. The van der Waals surface area contributed by atoms with E-state index in [0.29, 0.717) is 23.7 Å². The molecule has 1 fully saturated rings. The van der Waals surface area contributed by atoms with Gasteiger partial charge in [-0.05, 0) is 105 Å². The third kappa shape index (κ3) is 6.69. The monoisotopic (exact) mass is 594 g/mol. The number of nitrogens with one attached hydrogen (secondary N) is 1. The number of carbonyl (C=O) groups excluding carboxylic acids is 1. The number of carbonyl (C=O) groups is 2. The number of hydrogen-bond acceptors (Lipinski definition) is 3. The molecule has 0 radical (unpaired) electrons. The second-order valence-corrected chi connectivity index (χ2v) is 14.0. The predicted molar refractivity (Wildman–Crippen MR) is 177 cm³/mol. The average Bonchev–Trinajstić information content (AvgIpc) is 3.19. The van der Waals surface area contributed by atoms with Gasteiger partial charge in [-0.15, -0.1) is 0 Å². The first-order valence-corrected chi connectivity index (χ1v) is 15.8. The van der Waals surface area contributed by atoms with Crippen LogP contribution >= 0.6 is 0 Å². The van der Waals surface area contributed by atoms with Gasteiger partial charge in [-0.3, -0.25) is 4.79 Å². The molecule has 6 nitrogen and oxygen atoms in total. The Morgan fingerprint density at radius 1 is 1.00 bits per heavy atom. The summed E-state index contributed by atoms with van der Waals surface area (Å²) < 4.78 is 8.22. The van der Waals surface area contributed by atoms with E-state index in [2.05, 4.69) is 67.9 Å². The Bertz CT molecular complexity index is 1690. The van der Waals surface area contributed by atoms with Crippen LogP contribution in [0.25, 0.3) is 10.9 Å². The van der Waals surface area contributed by atoms with Crippen LogP contribution in [0.4, 0.5) is 0 Å². The number of ether oxygens (including phenoxy) is 1. The number of aromatic nitrogens is 1. The van der Waals surface area contributed by atoms with E-state index in [1.54, 1.807) is 19.9 Å². The van der Waals surface area contributed by atoms with E-state index in [4.69, 9.17) is 4.74 Å². The van der Waals surface area contributed by atoms with Crippen LogP contribution in [0.1, 0.15) is 105 Å². The third-order valence-electron chi connectivity index (χ3n) is 9.15. The molecule has 44 heavy (non-hydrogen) atoms. The molecule has 2 N–H and O–H groups in total. The molecule has 232 valence electrons. The van der Waals surface area contributed by atoms with Crippen molar-refractivity contribution < 1.29 is 19.4 Å². The van der Waals surface area contributed by atoms with Crippen LogP contribution in [0.2, 0.25) is 0 Å². The first-order chi connectivity index (χ1) is 20.7. The fourth-order valence-corrected chi connectivity index (χ4v) is 5.98. The molecule has 0 saturated heterocycles. The lowest BCUT2D eigenvalue weighted by Gasteiger charge is -2.27. The fourth-order valence-electron chi connectivity index (χ4n) is 5.98. The van der Waals surface area contributed by atoms with Crippen LogP contribution < -0.4 is 10.1 Å². The lowest BCUT2D eigenvalue weighted by atomic mass is 9.85. The molecule has 3 aromatic carbocycles. The standard InChI is InChI=1S/C38H46N2O4/c1-24(28-14-10-15-30(21-28)37(3,4)5)39-35(41)29-17-18-32-33(25(2)40(34(32)22-29)23-26-11-8-12-26)20-27-13-9-16-31(19-27)44-38(6,7)36(42)43/h9-10,13-19,21-22,24,26H,8,11-12,20,23H2,1-7H3,(H,39,41)(H,42,43)/t24-/m0/s1. The van der Waals surface area contributed by atoms with Crippen molar-refractivity contribution in [2.75, 3.05) is 0 Å². The topological polar surface area (TPSA) is 80.6 Å². The zero-order chi connectivity index (χ0) is 31.8. The number of amides is 1. The van der Waals surface area contributed by atoms with Crippen LogP contribution in [0.15, 0.2) is 66.7 Å². The van der Waals surface area contributed by atoms with Crippen LogP contribution in [0, 0.1) is 12.8 Å². The minimum Gasteiger partial charge on any atom is -0.478 e. The molecular weight excluding hydrogens is 548 g/mol. The molecule has 1 aliphatic rings. The predicted octanol–water partition coefficient (Wildman–Crippen LogP) is 8.37. The number of carboxylic acid groups (broad SMARTS) is 1. The van der Waals surface area contributed by atoms with Gasteiger partial charge in [0, 0.05) is 28.7 Å². The number of carboxylic acids is 1. The van der Waals surface area contributed by atoms with Crippen molar-refractivity contribution in [2.45, 2.75) is 97.8 Å². The van der Waals surface area contributed by atoms with Gasteiger partial charge in [0.2, 0.25) is 0 Å². The molecule has 1 amide bonds. The van der Waals surface area contributed by atoms with Gasteiger partial charge in [0.1, 0.15) is 5.75 Å². The maximum absolute atomic E-state index is 13.6. The van der Waals surface area contributed by atoms with Crippen molar-refractivity contribution in [1.82, 2.24) is 9.88 Å². The molecule has 4 aromatic rings. The highest BCUT2D eigenvalue weighted by molar-refractivity contribution is 5.99. The summed E-state index contributed by atoms with van der Waals surface area (Å²) in [6.45, 7) is 14.9. The second-order valence-electron chi connectivity index (χ2n) is 14.0. The lowest BCUT2D eigenvalue weighted by molar-refractivity contribution is -0.152. The van der Waals surface area contributed by atoms with Gasteiger partial charge in [-0.2, -0.15) is 0 Å². The molecule has 1 saturated carbocycles. The van der Waals surface area contributed by atoms with Gasteiger partial charge in [-0.25, -0.2) is 4.79 Å². The first-order valence-electron chi connectivity index (χ1n) is 15.8. The molecule has 5 rings (SSSR count). The minimum atomic E-state index is -1.32. The highest BCUT2D eigenvalue weighted by Gasteiger charge is 2.29. The highest BCUT2D eigenvalue weighted by Crippen LogP contribution is 2.35. The van der Waals surface area contributed by atoms with Crippen molar-refractivity contribution in [2.24, 2.45) is 5.92 Å². The van der Waals surface area contributed by atoms with Crippen LogP contribution in [0.3, 0.4) is 0 Å². The number of fused-ring (bicyclic) bond motifs is 1. The fraction of sp³-hybridized carbons (Fsp3) is 0.421. The lowest BCUT2D eigenvalue weighted by Crippen LogP contribution is -2.37. The molecule has 0 bridgehead atoms. The van der Waals surface area contributed by atoms with Gasteiger partial charge >= 0.3 is 5.97 Å². The van der Waals surface area contributed by atoms with Gasteiger partial charge in [0.05, 0.1) is 6.04 Å². The summed E-state index contributed by atoms with van der Waals surface area (Å²) in [5, 5.41) is 13.9. The molecule has 1 aromatic heterocycles. The van der Waals surface area contributed by atoms with Crippen molar-refractivity contribution in [3.05, 3.63) is 100 Å². The molecular formula is C38H46N2O4. The van der Waals surface area contributed by atoms with Crippen molar-refractivity contribution in [3.63, 3.8) is 0 Å². The van der Waals surface area contributed by atoms with E-state index in [1.807, 2.05) is 37.3 Å². The quantitative estimate of drug-likeness (QED) is 0.193. The molecule has 0 unspecified atom stereocenters.